The second-order valence-corrected chi connectivity index (χ2v) is 6.49. The van der Waals surface area contributed by atoms with Gasteiger partial charge in [-0.15, -0.1) is 0 Å². The Morgan fingerprint density at radius 2 is 2.23 bits per heavy atom. The maximum Gasteiger partial charge on any atom is 0.252 e. The molecular formula is C17H20ClN3O. The van der Waals surface area contributed by atoms with Gasteiger partial charge in [0.05, 0.1) is 11.1 Å². The number of carbonyl (C=O) groups excluding carboxylic acids is 1. The SMILES string of the molecule is CC(N)CCNC(=O)c1cc(C2CC2)nc2ccc(Cl)cc12. The summed E-state index contributed by atoms with van der Waals surface area (Å²) in [6, 6.07) is 7.48. The lowest BCUT2D eigenvalue weighted by Gasteiger charge is -2.11. The van der Waals surface area contributed by atoms with Crippen LogP contribution in [0.5, 0.6) is 0 Å². The van der Waals surface area contributed by atoms with Gasteiger partial charge in [0.2, 0.25) is 0 Å². The molecule has 1 aromatic heterocycles. The number of aromatic nitrogens is 1. The third-order valence-electron chi connectivity index (χ3n) is 3.92. The van der Waals surface area contributed by atoms with Gasteiger partial charge in [0.15, 0.2) is 0 Å². The normalized spacial score (nSPS) is 15.8. The van der Waals surface area contributed by atoms with Gasteiger partial charge in [0.25, 0.3) is 5.91 Å². The van der Waals surface area contributed by atoms with Gasteiger partial charge < -0.3 is 11.1 Å². The topological polar surface area (TPSA) is 68.0 Å². The number of halogens is 1. The number of hydrogen-bond acceptors (Lipinski definition) is 3. The second-order valence-electron chi connectivity index (χ2n) is 6.05. The summed E-state index contributed by atoms with van der Waals surface area (Å²) in [5.74, 6) is 0.410. The highest BCUT2D eigenvalue weighted by Gasteiger charge is 2.27. The Balaban J connectivity index is 1.94. The standard InChI is InChI=1S/C17H20ClN3O/c1-10(19)6-7-20-17(22)14-9-16(11-2-3-11)21-15-5-4-12(18)8-13(14)15/h4-5,8-11H,2-3,6-7,19H2,1H3,(H,20,22). The minimum absolute atomic E-state index is 0.0750. The molecule has 1 fully saturated rings. The van der Waals surface area contributed by atoms with E-state index >= 15 is 0 Å². The lowest BCUT2D eigenvalue weighted by molar-refractivity contribution is 0.0954. The fraction of sp³-hybridized carbons (Fsp3) is 0.412. The summed E-state index contributed by atoms with van der Waals surface area (Å²) in [6.07, 6.45) is 3.06. The molecule has 1 atom stereocenters. The molecule has 2 aromatic rings. The largest absolute Gasteiger partial charge is 0.352 e. The summed E-state index contributed by atoms with van der Waals surface area (Å²) in [4.78, 5) is 17.2. The van der Waals surface area contributed by atoms with Crippen LogP contribution in [0.15, 0.2) is 24.3 Å². The molecule has 116 valence electrons. The van der Waals surface area contributed by atoms with Crippen molar-refractivity contribution in [3.05, 3.63) is 40.5 Å². The van der Waals surface area contributed by atoms with E-state index in [1.54, 1.807) is 6.07 Å². The van der Waals surface area contributed by atoms with Crippen molar-refractivity contribution in [2.24, 2.45) is 5.73 Å². The number of pyridine rings is 1. The first-order valence-corrected chi connectivity index (χ1v) is 8.06. The Morgan fingerprint density at radius 1 is 1.45 bits per heavy atom. The van der Waals surface area contributed by atoms with Gasteiger partial charge in [-0.3, -0.25) is 9.78 Å². The minimum atomic E-state index is -0.0859. The molecule has 0 aliphatic heterocycles. The van der Waals surface area contributed by atoms with Gasteiger partial charge in [0, 0.05) is 34.6 Å². The predicted molar refractivity (Wildman–Crippen MR) is 89.3 cm³/mol. The Kier molecular flexibility index (Phi) is 4.32. The van der Waals surface area contributed by atoms with Crippen LogP contribution in [0.2, 0.25) is 5.02 Å². The Labute approximate surface area is 135 Å². The monoisotopic (exact) mass is 317 g/mol. The smallest absolute Gasteiger partial charge is 0.252 e. The van der Waals surface area contributed by atoms with Crippen molar-refractivity contribution in [1.82, 2.24) is 10.3 Å². The average Bonchev–Trinajstić information content (AvgIpc) is 3.30. The van der Waals surface area contributed by atoms with E-state index in [-0.39, 0.29) is 11.9 Å². The molecule has 3 N–H and O–H groups in total. The van der Waals surface area contributed by atoms with Crippen molar-refractivity contribution in [3.8, 4) is 0 Å². The Bertz CT molecular complexity index is 710. The Hall–Kier alpha value is -1.65. The molecule has 1 heterocycles. The quantitative estimate of drug-likeness (QED) is 0.889. The third-order valence-corrected chi connectivity index (χ3v) is 4.15. The molecule has 5 heteroatoms. The molecule has 1 aromatic carbocycles. The van der Waals surface area contributed by atoms with Crippen LogP contribution in [0.4, 0.5) is 0 Å². The first kappa shape index (κ1) is 15.3. The molecule has 3 rings (SSSR count). The van der Waals surface area contributed by atoms with Crippen molar-refractivity contribution in [2.75, 3.05) is 6.54 Å². The molecule has 0 saturated heterocycles. The van der Waals surface area contributed by atoms with E-state index in [1.165, 1.54) is 0 Å². The highest BCUT2D eigenvalue weighted by Crippen LogP contribution is 2.40. The number of rotatable bonds is 5. The fourth-order valence-corrected chi connectivity index (χ4v) is 2.68. The number of hydrogen-bond donors (Lipinski definition) is 2. The second kappa shape index (κ2) is 6.23. The van der Waals surface area contributed by atoms with E-state index in [4.69, 9.17) is 17.3 Å². The molecule has 1 saturated carbocycles. The van der Waals surface area contributed by atoms with Crippen LogP contribution in [0.3, 0.4) is 0 Å². The molecular weight excluding hydrogens is 298 g/mol. The van der Waals surface area contributed by atoms with Crippen LogP contribution < -0.4 is 11.1 Å². The van der Waals surface area contributed by atoms with Gasteiger partial charge in [-0.05, 0) is 50.5 Å². The van der Waals surface area contributed by atoms with Gasteiger partial charge in [-0.25, -0.2) is 0 Å². The van der Waals surface area contributed by atoms with E-state index in [1.807, 2.05) is 25.1 Å². The third kappa shape index (κ3) is 3.39. The lowest BCUT2D eigenvalue weighted by atomic mass is 10.1. The Morgan fingerprint density at radius 3 is 2.91 bits per heavy atom. The van der Waals surface area contributed by atoms with Crippen LogP contribution in [0, 0.1) is 0 Å². The molecule has 0 radical (unpaired) electrons. The molecule has 1 aliphatic carbocycles. The molecule has 4 nitrogen and oxygen atoms in total. The van der Waals surface area contributed by atoms with Crippen LogP contribution in [-0.2, 0) is 0 Å². The zero-order valence-electron chi connectivity index (χ0n) is 12.6. The highest BCUT2D eigenvalue weighted by atomic mass is 35.5. The average molecular weight is 318 g/mol. The molecule has 0 spiro atoms. The molecule has 1 unspecified atom stereocenters. The number of benzene rings is 1. The van der Waals surface area contributed by atoms with E-state index in [0.717, 1.165) is 35.9 Å². The van der Waals surface area contributed by atoms with E-state index in [9.17, 15) is 4.79 Å². The lowest BCUT2D eigenvalue weighted by Crippen LogP contribution is -2.29. The van der Waals surface area contributed by atoms with Crippen molar-refractivity contribution >= 4 is 28.4 Å². The number of fused-ring (bicyclic) bond motifs is 1. The maximum atomic E-state index is 12.5. The summed E-state index contributed by atoms with van der Waals surface area (Å²) < 4.78 is 0. The van der Waals surface area contributed by atoms with Gasteiger partial charge in [0.1, 0.15) is 0 Å². The zero-order valence-corrected chi connectivity index (χ0v) is 13.4. The number of nitrogens with one attached hydrogen (secondary N) is 1. The highest BCUT2D eigenvalue weighted by molar-refractivity contribution is 6.31. The van der Waals surface area contributed by atoms with E-state index < -0.39 is 0 Å². The molecule has 1 aliphatic rings. The summed E-state index contributed by atoms with van der Waals surface area (Å²) in [6.45, 7) is 2.50. The number of nitrogens with zero attached hydrogens (tertiary/aromatic N) is 1. The maximum absolute atomic E-state index is 12.5. The van der Waals surface area contributed by atoms with Crippen LogP contribution in [-0.4, -0.2) is 23.5 Å². The van der Waals surface area contributed by atoms with Crippen molar-refractivity contribution in [1.29, 1.82) is 0 Å². The molecule has 1 amide bonds. The fourth-order valence-electron chi connectivity index (χ4n) is 2.50. The van der Waals surface area contributed by atoms with Gasteiger partial charge in [-0.1, -0.05) is 11.6 Å². The van der Waals surface area contributed by atoms with Crippen LogP contribution in [0.25, 0.3) is 10.9 Å². The zero-order chi connectivity index (χ0) is 15.7. The number of carbonyl (C=O) groups is 1. The summed E-state index contributed by atoms with van der Waals surface area (Å²) in [5, 5.41) is 4.35. The number of nitrogens with two attached hydrogens (primary N) is 1. The summed E-state index contributed by atoms with van der Waals surface area (Å²) in [7, 11) is 0. The van der Waals surface area contributed by atoms with Crippen molar-refractivity contribution in [2.45, 2.75) is 38.1 Å². The van der Waals surface area contributed by atoms with Gasteiger partial charge >= 0.3 is 0 Å². The van der Waals surface area contributed by atoms with E-state index in [2.05, 4.69) is 10.3 Å². The number of amides is 1. The van der Waals surface area contributed by atoms with Crippen LogP contribution in [0.1, 0.15) is 48.2 Å². The van der Waals surface area contributed by atoms with Crippen molar-refractivity contribution in [3.63, 3.8) is 0 Å². The summed E-state index contributed by atoms with van der Waals surface area (Å²) in [5.41, 5.74) is 8.20. The minimum Gasteiger partial charge on any atom is -0.352 e. The molecule has 0 bridgehead atoms. The predicted octanol–water partition coefficient (Wildman–Crippen LogP) is 3.23. The summed E-state index contributed by atoms with van der Waals surface area (Å²) >= 11 is 6.08. The molecule has 22 heavy (non-hydrogen) atoms. The van der Waals surface area contributed by atoms with Gasteiger partial charge in [-0.2, -0.15) is 0 Å². The van der Waals surface area contributed by atoms with Crippen molar-refractivity contribution < 1.29 is 4.79 Å². The first-order chi connectivity index (χ1) is 10.5. The van der Waals surface area contributed by atoms with E-state index in [0.29, 0.717) is 23.0 Å². The van der Waals surface area contributed by atoms with Crippen LogP contribution >= 0.6 is 11.6 Å². The first-order valence-electron chi connectivity index (χ1n) is 7.68.